The minimum absolute atomic E-state index is 0.124. The van der Waals surface area contributed by atoms with Crippen LogP contribution in [0.5, 0.6) is 0 Å². The van der Waals surface area contributed by atoms with Gasteiger partial charge in [-0.15, -0.1) is 0 Å². The van der Waals surface area contributed by atoms with Gasteiger partial charge in [0.2, 0.25) is 0 Å². The number of nitrogens with two attached hydrogens (primary N) is 1. The van der Waals surface area contributed by atoms with Crippen molar-refractivity contribution in [2.45, 2.75) is 31.7 Å². The number of benzene rings is 1. The third-order valence-electron chi connectivity index (χ3n) is 3.18. The van der Waals surface area contributed by atoms with E-state index < -0.39 is 0 Å². The van der Waals surface area contributed by atoms with Gasteiger partial charge in [-0.25, -0.2) is 0 Å². The fraction of sp³-hybridized carbons (Fsp3) is 0.385. The summed E-state index contributed by atoms with van der Waals surface area (Å²) in [6, 6.07) is 8.74. The van der Waals surface area contributed by atoms with Crippen LogP contribution in [-0.2, 0) is 6.42 Å². The van der Waals surface area contributed by atoms with E-state index in [-0.39, 0.29) is 6.04 Å². The molecule has 2 unspecified atom stereocenters. The van der Waals surface area contributed by atoms with Crippen LogP contribution in [0.3, 0.4) is 0 Å². The van der Waals surface area contributed by atoms with Crippen LogP contribution >= 0.6 is 0 Å². The van der Waals surface area contributed by atoms with Gasteiger partial charge in [0.15, 0.2) is 0 Å². The molecule has 2 rings (SSSR count). The molecule has 14 heavy (non-hydrogen) atoms. The molecule has 1 aromatic rings. The van der Waals surface area contributed by atoms with E-state index in [4.69, 9.17) is 5.73 Å². The molecule has 0 saturated heterocycles. The normalized spacial score (nSPS) is 21.7. The Balaban J connectivity index is 2.30. The van der Waals surface area contributed by atoms with Crippen LogP contribution < -0.4 is 5.73 Å². The van der Waals surface area contributed by atoms with E-state index in [9.17, 15) is 0 Å². The van der Waals surface area contributed by atoms with Crippen LogP contribution in [-0.4, -0.2) is 6.04 Å². The summed E-state index contributed by atoms with van der Waals surface area (Å²) in [6.07, 6.45) is 2.34. The Bertz CT molecular complexity index is 354. The van der Waals surface area contributed by atoms with E-state index in [0.29, 0.717) is 5.92 Å². The topological polar surface area (TPSA) is 26.0 Å². The van der Waals surface area contributed by atoms with Crippen LogP contribution in [0.15, 0.2) is 36.4 Å². The second kappa shape index (κ2) is 3.58. The van der Waals surface area contributed by atoms with Gasteiger partial charge in [0.1, 0.15) is 0 Å². The maximum atomic E-state index is 6.14. The van der Waals surface area contributed by atoms with Gasteiger partial charge in [-0.1, -0.05) is 36.4 Å². The first-order valence-electron chi connectivity index (χ1n) is 5.19. The number of fused-ring (bicyclic) bond motifs is 1. The van der Waals surface area contributed by atoms with Gasteiger partial charge in [-0.3, -0.25) is 0 Å². The van der Waals surface area contributed by atoms with Gasteiger partial charge in [0.25, 0.3) is 0 Å². The van der Waals surface area contributed by atoms with Crippen LogP contribution in [0.2, 0.25) is 0 Å². The maximum absolute atomic E-state index is 6.14. The molecule has 0 bridgehead atoms. The third-order valence-corrected chi connectivity index (χ3v) is 3.18. The lowest BCUT2D eigenvalue weighted by atomic mass is 9.90. The van der Waals surface area contributed by atoms with Crippen molar-refractivity contribution in [1.29, 1.82) is 0 Å². The first kappa shape index (κ1) is 9.47. The van der Waals surface area contributed by atoms with Crippen molar-refractivity contribution < 1.29 is 0 Å². The summed E-state index contributed by atoms with van der Waals surface area (Å²) < 4.78 is 0. The van der Waals surface area contributed by atoms with Crippen molar-refractivity contribution in [3.05, 3.63) is 47.5 Å². The van der Waals surface area contributed by atoms with Crippen molar-refractivity contribution in [3.8, 4) is 0 Å². The second-order valence-electron chi connectivity index (χ2n) is 4.22. The SMILES string of the molecule is C=C(C)C(N)C1CCc2ccccc21. The molecule has 1 nitrogen and oxygen atoms in total. The first-order chi connectivity index (χ1) is 6.70. The van der Waals surface area contributed by atoms with Crippen molar-refractivity contribution >= 4 is 0 Å². The van der Waals surface area contributed by atoms with Crippen molar-refractivity contribution in [3.63, 3.8) is 0 Å². The molecular weight excluding hydrogens is 170 g/mol. The van der Waals surface area contributed by atoms with Gasteiger partial charge in [-0.05, 0) is 30.9 Å². The molecule has 0 amide bonds. The number of aryl methyl sites for hydroxylation is 1. The van der Waals surface area contributed by atoms with E-state index in [2.05, 4.69) is 30.8 Å². The minimum atomic E-state index is 0.124. The van der Waals surface area contributed by atoms with Crippen molar-refractivity contribution in [1.82, 2.24) is 0 Å². The van der Waals surface area contributed by atoms with Crippen LogP contribution in [0.1, 0.15) is 30.4 Å². The molecule has 0 aromatic heterocycles. The molecule has 0 spiro atoms. The fourth-order valence-corrected chi connectivity index (χ4v) is 2.31. The van der Waals surface area contributed by atoms with Gasteiger partial charge in [0.05, 0.1) is 0 Å². The predicted octanol–water partition coefficient (Wildman–Crippen LogP) is 2.62. The Hall–Kier alpha value is -1.08. The average Bonchev–Trinajstić information content (AvgIpc) is 2.60. The number of hydrogen-bond acceptors (Lipinski definition) is 1. The zero-order chi connectivity index (χ0) is 10.1. The summed E-state index contributed by atoms with van der Waals surface area (Å²) >= 11 is 0. The molecule has 1 aliphatic rings. The summed E-state index contributed by atoms with van der Waals surface area (Å²) in [6.45, 7) is 5.97. The molecule has 2 N–H and O–H groups in total. The highest BCUT2D eigenvalue weighted by Crippen LogP contribution is 2.36. The zero-order valence-corrected chi connectivity index (χ0v) is 8.66. The zero-order valence-electron chi connectivity index (χ0n) is 8.66. The molecule has 0 aliphatic heterocycles. The fourth-order valence-electron chi connectivity index (χ4n) is 2.31. The van der Waals surface area contributed by atoms with Gasteiger partial charge < -0.3 is 5.73 Å². The predicted molar refractivity (Wildman–Crippen MR) is 60.3 cm³/mol. The van der Waals surface area contributed by atoms with E-state index in [1.807, 2.05) is 6.92 Å². The van der Waals surface area contributed by atoms with Crippen molar-refractivity contribution in [2.75, 3.05) is 0 Å². The Morgan fingerprint density at radius 1 is 1.50 bits per heavy atom. The highest BCUT2D eigenvalue weighted by atomic mass is 14.7. The summed E-state index contributed by atoms with van der Waals surface area (Å²) in [4.78, 5) is 0. The highest BCUT2D eigenvalue weighted by Gasteiger charge is 2.27. The van der Waals surface area contributed by atoms with Crippen LogP contribution in [0.4, 0.5) is 0 Å². The monoisotopic (exact) mass is 187 g/mol. The summed E-state index contributed by atoms with van der Waals surface area (Å²) in [5.74, 6) is 0.490. The second-order valence-corrected chi connectivity index (χ2v) is 4.22. The smallest absolute Gasteiger partial charge is 0.0318 e. The largest absolute Gasteiger partial charge is 0.324 e. The molecule has 0 saturated carbocycles. The molecule has 74 valence electrons. The summed E-state index contributed by atoms with van der Waals surface area (Å²) in [5, 5.41) is 0. The van der Waals surface area contributed by atoms with Crippen LogP contribution in [0, 0.1) is 0 Å². The third kappa shape index (κ3) is 1.48. The lowest BCUT2D eigenvalue weighted by molar-refractivity contribution is 0.584. The molecular formula is C13H17N. The standard InChI is InChI=1S/C13H17N/c1-9(2)13(14)12-8-7-10-5-3-4-6-11(10)12/h3-6,12-13H,1,7-8,14H2,2H3. The summed E-state index contributed by atoms with van der Waals surface area (Å²) in [7, 11) is 0. The molecule has 0 fully saturated rings. The Morgan fingerprint density at radius 2 is 2.21 bits per heavy atom. The van der Waals surface area contributed by atoms with E-state index in [1.54, 1.807) is 0 Å². The lowest BCUT2D eigenvalue weighted by Gasteiger charge is -2.20. The molecule has 2 atom stereocenters. The first-order valence-corrected chi connectivity index (χ1v) is 5.19. The average molecular weight is 187 g/mol. The quantitative estimate of drug-likeness (QED) is 0.708. The number of hydrogen-bond donors (Lipinski definition) is 1. The minimum Gasteiger partial charge on any atom is -0.324 e. The molecule has 0 heterocycles. The lowest BCUT2D eigenvalue weighted by Crippen LogP contribution is -2.27. The van der Waals surface area contributed by atoms with Crippen LogP contribution in [0.25, 0.3) is 0 Å². The van der Waals surface area contributed by atoms with Gasteiger partial charge in [0, 0.05) is 12.0 Å². The molecule has 0 radical (unpaired) electrons. The van der Waals surface area contributed by atoms with Crippen molar-refractivity contribution in [2.24, 2.45) is 5.73 Å². The van der Waals surface area contributed by atoms with Gasteiger partial charge in [-0.2, -0.15) is 0 Å². The Kier molecular flexibility index (Phi) is 2.42. The van der Waals surface area contributed by atoms with E-state index in [1.165, 1.54) is 24.0 Å². The van der Waals surface area contributed by atoms with Gasteiger partial charge >= 0.3 is 0 Å². The molecule has 1 aliphatic carbocycles. The van der Waals surface area contributed by atoms with E-state index >= 15 is 0 Å². The highest BCUT2D eigenvalue weighted by molar-refractivity contribution is 5.37. The van der Waals surface area contributed by atoms with E-state index in [0.717, 1.165) is 5.57 Å². The maximum Gasteiger partial charge on any atom is 0.0318 e. The number of rotatable bonds is 2. The summed E-state index contributed by atoms with van der Waals surface area (Å²) in [5.41, 5.74) is 10.1. The molecule has 1 heteroatoms. The Labute approximate surface area is 85.6 Å². The molecule has 1 aromatic carbocycles. The Morgan fingerprint density at radius 3 is 2.93 bits per heavy atom.